The van der Waals surface area contributed by atoms with Crippen molar-refractivity contribution >= 4 is 21.5 Å². The predicted octanol–water partition coefficient (Wildman–Crippen LogP) is 3.87. The summed E-state index contributed by atoms with van der Waals surface area (Å²) in [5.74, 6) is 0. The molecule has 0 atom stereocenters. The number of benzene rings is 1. The molecule has 1 N–H and O–H groups in total. The van der Waals surface area contributed by atoms with Crippen molar-refractivity contribution in [1.29, 1.82) is 0 Å². The van der Waals surface area contributed by atoms with Crippen molar-refractivity contribution in [2.24, 2.45) is 5.41 Å². The van der Waals surface area contributed by atoms with Crippen LogP contribution >= 0.6 is 15.9 Å². The van der Waals surface area contributed by atoms with E-state index in [2.05, 4.69) is 48.8 Å². The molecule has 0 bridgehead atoms. The summed E-state index contributed by atoms with van der Waals surface area (Å²) in [6.07, 6.45) is 1.88. The van der Waals surface area contributed by atoms with Crippen LogP contribution in [0.2, 0.25) is 0 Å². The highest BCUT2D eigenvalue weighted by Gasteiger charge is 2.17. The Morgan fingerprint density at radius 3 is 2.20 bits per heavy atom. The first-order chi connectivity index (χ1) is 6.95. The lowest BCUT2D eigenvalue weighted by molar-refractivity contribution is 0.341. The second kappa shape index (κ2) is 4.95. The zero-order chi connectivity index (χ0) is 11.5. The van der Waals surface area contributed by atoms with E-state index in [1.807, 2.05) is 18.2 Å². The number of hydrogen-bond donors (Lipinski definition) is 1. The van der Waals surface area contributed by atoms with Crippen LogP contribution in [0.15, 0.2) is 34.8 Å². The molecule has 0 fully saturated rings. The normalized spacial score (nSPS) is 13.0. The first-order valence-corrected chi connectivity index (χ1v) is 5.82. The Kier molecular flexibility index (Phi) is 4.12. The molecule has 0 unspecified atom stereocenters. The van der Waals surface area contributed by atoms with Crippen molar-refractivity contribution < 1.29 is 5.11 Å². The van der Waals surface area contributed by atoms with Gasteiger partial charge in [-0.05, 0) is 28.7 Å². The van der Waals surface area contributed by atoms with Crippen LogP contribution in [-0.4, -0.2) is 11.7 Å². The number of aliphatic hydroxyl groups excluding tert-OH is 1. The summed E-state index contributed by atoms with van der Waals surface area (Å²) >= 11 is 3.42. The largest absolute Gasteiger partial charge is 0.392 e. The van der Waals surface area contributed by atoms with E-state index < -0.39 is 0 Å². The highest BCUT2D eigenvalue weighted by molar-refractivity contribution is 9.10. The van der Waals surface area contributed by atoms with Gasteiger partial charge in [0.25, 0.3) is 0 Å². The summed E-state index contributed by atoms with van der Waals surface area (Å²) in [7, 11) is 0. The van der Waals surface area contributed by atoms with Gasteiger partial charge in [0.15, 0.2) is 0 Å². The van der Waals surface area contributed by atoms with E-state index in [9.17, 15) is 0 Å². The van der Waals surface area contributed by atoms with Crippen LogP contribution in [0.5, 0.6) is 0 Å². The molecule has 0 aliphatic heterocycles. The molecule has 15 heavy (non-hydrogen) atoms. The molecular weight excluding hydrogens is 252 g/mol. The van der Waals surface area contributed by atoms with Gasteiger partial charge in [-0.1, -0.05) is 54.9 Å². The average molecular weight is 269 g/mol. The molecule has 0 amide bonds. The lowest BCUT2D eigenvalue weighted by Crippen LogP contribution is -2.09. The van der Waals surface area contributed by atoms with E-state index in [0.717, 1.165) is 4.47 Å². The third-order valence-corrected chi connectivity index (χ3v) is 2.79. The molecule has 0 heterocycles. The maximum atomic E-state index is 9.03. The Labute approximate surface area is 100.0 Å². The van der Waals surface area contributed by atoms with E-state index in [1.54, 1.807) is 0 Å². The molecule has 0 saturated carbocycles. The molecule has 0 aliphatic carbocycles. The number of halogens is 1. The lowest BCUT2D eigenvalue weighted by atomic mass is 9.82. The lowest BCUT2D eigenvalue weighted by Gasteiger charge is -2.23. The first-order valence-electron chi connectivity index (χ1n) is 5.02. The van der Waals surface area contributed by atoms with E-state index >= 15 is 0 Å². The topological polar surface area (TPSA) is 20.2 Å². The molecule has 1 aromatic carbocycles. The molecule has 1 rings (SSSR count). The van der Waals surface area contributed by atoms with E-state index in [1.165, 1.54) is 11.1 Å². The number of hydrogen-bond acceptors (Lipinski definition) is 1. The van der Waals surface area contributed by atoms with Crippen LogP contribution in [-0.2, 0) is 0 Å². The highest BCUT2D eigenvalue weighted by Crippen LogP contribution is 2.34. The van der Waals surface area contributed by atoms with Crippen LogP contribution < -0.4 is 0 Å². The molecule has 0 saturated heterocycles. The summed E-state index contributed by atoms with van der Waals surface area (Å²) in [6, 6.07) is 8.17. The smallest absolute Gasteiger partial charge is 0.0618 e. The average Bonchev–Trinajstić information content (AvgIpc) is 2.14. The Hall–Kier alpha value is -0.600. The fourth-order valence-electron chi connectivity index (χ4n) is 1.58. The van der Waals surface area contributed by atoms with Gasteiger partial charge in [0.05, 0.1) is 6.61 Å². The summed E-state index contributed by atoms with van der Waals surface area (Å²) < 4.78 is 1.07. The molecule has 1 nitrogen and oxygen atoms in total. The number of rotatable bonds is 2. The zero-order valence-electron chi connectivity index (χ0n) is 9.42. The molecule has 2 heteroatoms. The van der Waals surface area contributed by atoms with Crippen molar-refractivity contribution in [2.75, 3.05) is 6.61 Å². The van der Waals surface area contributed by atoms with Crippen molar-refractivity contribution in [3.63, 3.8) is 0 Å². The molecule has 82 valence electrons. The molecular formula is C13H17BrO. The van der Waals surface area contributed by atoms with Crippen molar-refractivity contribution in [1.82, 2.24) is 0 Å². The molecule has 0 spiro atoms. The molecule has 0 aliphatic rings. The Bertz CT molecular complexity index is 344. The van der Waals surface area contributed by atoms with Crippen molar-refractivity contribution in [3.8, 4) is 0 Å². The van der Waals surface area contributed by atoms with E-state index in [4.69, 9.17) is 5.11 Å². The van der Waals surface area contributed by atoms with Gasteiger partial charge < -0.3 is 5.11 Å². The quantitative estimate of drug-likeness (QED) is 0.864. The molecule has 0 radical (unpaired) electrons. The molecule has 1 aromatic rings. The number of aliphatic hydroxyl groups is 1. The van der Waals surface area contributed by atoms with Crippen LogP contribution in [0.4, 0.5) is 0 Å². The second-order valence-electron chi connectivity index (χ2n) is 4.56. The van der Waals surface area contributed by atoms with Gasteiger partial charge in [0.2, 0.25) is 0 Å². The Morgan fingerprint density at radius 2 is 1.80 bits per heavy atom. The third-order valence-electron chi connectivity index (χ3n) is 2.26. The van der Waals surface area contributed by atoms with Gasteiger partial charge in [0, 0.05) is 4.47 Å². The van der Waals surface area contributed by atoms with Crippen molar-refractivity contribution in [3.05, 3.63) is 40.4 Å². The maximum Gasteiger partial charge on any atom is 0.0618 e. The second-order valence-corrected chi connectivity index (χ2v) is 5.47. The maximum absolute atomic E-state index is 9.03. The monoisotopic (exact) mass is 268 g/mol. The van der Waals surface area contributed by atoms with Crippen molar-refractivity contribution in [2.45, 2.75) is 20.8 Å². The van der Waals surface area contributed by atoms with Gasteiger partial charge in [-0.3, -0.25) is 0 Å². The minimum absolute atomic E-state index is 0.0521. The SMILES string of the molecule is CC(C)(C)/C(=C/CO)c1ccc(Br)cc1. The van der Waals surface area contributed by atoms with Gasteiger partial charge >= 0.3 is 0 Å². The molecule has 0 aromatic heterocycles. The minimum Gasteiger partial charge on any atom is -0.392 e. The van der Waals surface area contributed by atoms with Gasteiger partial charge in [-0.25, -0.2) is 0 Å². The standard InChI is InChI=1S/C13H17BrO/c1-13(2,3)12(8-9-15)10-4-6-11(14)7-5-10/h4-8,15H,9H2,1-3H3/b12-8+. The Balaban J connectivity index is 3.11. The van der Waals surface area contributed by atoms with Gasteiger partial charge in [-0.2, -0.15) is 0 Å². The fraction of sp³-hybridized carbons (Fsp3) is 0.385. The highest BCUT2D eigenvalue weighted by atomic mass is 79.9. The summed E-state index contributed by atoms with van der Waals surface area (Å²) in [4.78, 5) is 0. The summed E-state index contributed by atoms with van der Waals surface area (Å²) in [6.45, 7) is 6.53. The summed E-state index contributed by atoms with van der Waals surface area (Å²) in [5.41, 5.74) is 2.40. The van der Waals surface area contributed by atoms with Gasteiger partial charge in [-0.15, -0.1) is 0 Å². The third kappa shape index (κ3) is 3.47. The van der Waals surface area contributed by atoms with Crippen LogP contribution in [0, 0.1) is 5.41 Å². The predicted molar refractivity (Wildman–Crippen MR) is 68.7 cm³/mol. The van der Waals surface area contributed by atoms with Crippen LogP contribution in [0.3, 0.4) is 0 Å². The first kappa shape index (κ1) is 12.5. The van der Waals surface area contributed by atoms with Gasteiger partial charge in [0.1, 0.15) is 0 Å². The fourth-order valence-corrected chi connectivity index (χ4v) is 1.84. The minimum atomic E-state index is 0.0521. The Morgan fingerprint density at radius 1 is 1.27 bits per heavy atom. The van der Waals surface area contributed by atoms with E-state index in [-0.39, 0.29) is 12.0 Å². The van der Waals surface area contributed by atoms with Crippen LogP contribution in [0.1, 0.15) is 26.3 Å². The van der Waals surface area contributed by atoms with Crippen LogP contribution in [0.25, 0.3) is 5.57 Å². The summed E-state index contributed by atoms with van der Waals surface area (Å²) in [5, 5.41) is 9.03. The van der Waals surface area contributed by atoms with E-state index in [0.29, 0.717) is 0 Å². The zero-order valence-corrected chi connectivity index (χ0v) is 11.0. The number of allylic oxidation sites excluding steroid dienone is 1.